The summed E-state index contributed by atoms with van der Waals surface area (Å²) in [5.74, 6) is 0.222. The van der Waals surface area contributed by atoms with Crippen molar-refractivity contribution < 1.29 is 9.53 Å². The van der Waals surface area contributed by atoms with E-state index in [4.69, 9.17) is 16.3 Å². The van der Waals surface area contributed by atoms with Gasteiger partial charge in [0.05, 0.1) is 6.61 Å². The van der Waals surface area contributed by atoms with Crippen LogP contribution in [0.2, 0.25) is 5.02 Å². The zero-order valence-corrected chi connectivity index (χ0v) is 10.9. The molecule has 1 amide bonds. The molecule has 2 aromatic rings. The summed E-state index contributed by atoms with van der Waals surface area (Å²) in [6, 6.07) is 6.28. The van der Waals surface area contributed by atoms with Crippen molar-refractivity contribution in [2.24, 2.45) is 4.99 Å². The van der Waals surface area contributed by atoms with E-state index in [1.165, 1.54) is 12.7 Å². The fourth-order valence-electron chi connectivity index (χ4n) is 1.35. The number of hydrogen-bond donors (Lipinski definition) is 0. The van der Waals surface area contributed by atoms with E-state index in [0.717, 1.165) is 4.68 Å². The standard InChI is InChI=1S/C12H11ClN4O2/c1-2-19-11(9-3-5-10(13)6-4-9)16-12(18)17-8-14-7-15-17/h3-8H,2H2,1H3/b16-11-. The number of ether oxygens (including phenoxy) is 1. The highest BCUT2D eigenvalue weighted by molar-refractivity contribution is 6.30. The van der Waals surface area contributed by atoms with Crippen LogP contribution in [-0.4, -0.2) is 33.3 Å². The first-order chi connectivity index (χ1) is 9.20. The normalized spacial score (nSPS) is 11.4. The van der Waals surface area contributed by atoms with Crippen LogP contribution in [0.15, 0.2) is 41.9 Å². The number of aliphatic imine (C=N–C) groups is 1. The van der Waals surface area contributed by atoms with Gasteiger partial charge in [-0.05, 0) is 31.2 Å². The molecule has 1 heterocycles. The van der Waals surface area contributed by atoms with Crippen molar-refractivity contribution in [3.05, 3.63) is 47.5 Å². The van der Waals surface area contributed by atoms with Crippen LogP contribution in [0.25, 0.3) is 0 Å². The van der Waals surface area contributed by atoms with Gasteiger partial charge in [-0.2, -0.15) is 14.8 Å². The Kier molecular flexibility index (Phi) is 4.25. The van der Waals surface area contributed by atoms with E-state index in [1.807, 2.05) is 6.92 Å². The van der Waals surface area contributed by atoms with Crippen LogP contribution in [0, 0.1) is 0 Å². The largest absolute Gasteiger partial charge is 0.477 e. The maximum absolute atomic E-state index is 11.8. The number of benzene rings is 1. The molecule has 6 nitrogen and oxygen atoms in total. The molecule has 19 heavy (non-hydrogen) atoms. The van der Waals surface area contributed by atoms with Crippen molar-refractivity contribution in [1.29, 1.82) is 0 Å². The van der Waals surface area contributed by atoms with Crippen molar-refractivity contribution in [3.63, 3.8) is 0 Å². The molecule has 0 aliphatic carbocycles. The molecule has 0 spiro atoms. The van der Waals surface area contributed by atoms with Gasteiger partial charge in [-0.15, -0.1) is 0 Å². The molecule has 98 valence electrons. The van der Waals surface area contributed by atoms with E-state index in [2.05, 4.69) is 15.1 Å². The zero-order valence-electron chi connectivity index (χ0n) is 10.2. The average molecular weight is 279 g/mol. The van der Waals surface area contributed by atoms with E-state index in [0.29, 0.717) is 17.2 Å². The maximum Gasteiger partial charge on any atom is 0.372 e. The molecule has 1 aromatic carbocycles. The number of halogens is 1. The second-order valence-corrected chi connectivity index (χ2v) is 3.92. The number of amides is 1. The van der Waals surface area contributed by atoms with Crippen molar-refractivity contribution in [1.82, 2.24) is 14.8 Å². The number of aromatic nitrogens is 3. The fraction of sp³-hybridized carbons (Fsp3) is 0.167. The fourth-order valence-corrected chi connectivity index (χ4v) is 1.48. The number of rotatable bonds is 2. The molecule has 0 saturated heterocycles. The van der Waals surface area contributed by atoms with Crippen LogP contribution in [0.1, 0.15) is 12.5 Å². The van der Waals surface area contributed by atoms with Crippen molar-refractivity contribution in [2.75, 3.05) is 6.61 Å². The lowest BCUT2D eigenvalue weighted by molar-refractivity contribution is 0.246. The zero-order chi connectivity index (χ0) is 13.7. The molecule has 0 fully saturated rings. The highest BCUT2D eigenvalue weighted by atomic mass is 35.5. The van der Waals surface area contributed by atoms with Gasteiger partial charge in [0.25, 0.3) is 0 Å². The predicted molar refractivity (Wildman–Crippen MR) is 70.4 cm³/mol. The van der Waals surface area contributed by atoms with Gasteiger partial charge < -0.3 is 4.74 Å². The van der Waals surface area contributed by atoms with E-state index in [9.17, 15) is 4.79 Å². The van der Waals surface area contributed by atoms with Crippen LogP contribution in [-0.2, 0) is 4.74 Å². The molecular weight excluding hydrogens is 268 g/mol. The van der Waals surface area contributed by atoms with Crippen LogP contribution in [0.5, 0.6) is 0 Å². The smallest absolute Gasteiger partial charge is 0.372 e. The third-order valence-electron chi connectivity index (χ3n) is 2.18. The summed E-state index contributed by atoms with van der Waals surface area (Å²) in [5, 5.41) is 4.31. The van der Waals surface area contributed by atoms with Gasteiger partial charge in [-0.1, -0.05) is 11.6 Å². The lowest BCUT2D eigenvalue weighted by Gasteiger charge is -2.06. The van der Waals surface area contributed by atoms with Crippen LogP contribution in [0.4, 0.5) is 4.79 Å². The minimum atomic E-state index is -0.573. The van der Waals surface area contributed by atoms with Gasteiger partial charge in [-0.25, -0.2) is 9.78 Å². The molecule has 0 bridgehead atoms. The molecular formula is C12H11ClN4O2. The molecule has 0 unspecified atom stereocenters. The van der Waals surface area contributed by atoms with Gasteiger partial charge in [-0.3, -0.25) is 0 Å². The SMILES string of the molecule is CCO/C(=N\C(=O)n1cncn1)c1ccc(Cl)cc1. The lowest BCUT2D eigenvalue weighted by atomic mass is 10.2. The Morgan fingerprint density at radius 2 is 2.16 bits per heavy atom. The van der Waals surface area contributed by atoms with E-state index >= 15 is 0 Å². The van der Waals surface area contributed by atoms with E-state index < -0.39 is 6.03 Å². The van der Waals surface area contributed by atoms with E-state index in [1.54, 1.807) is 24.3 Å². The first kappa shape index (κ1) is 13.2. The summed E-state index contributed by atoms with van der Waals surface area (Å²) in [4.78, 5) is 19.4. The summed E-state index contributed by atoms with van der Waals surface area (Å²) in [6.07, 6.45) is 2.54. The van der Waals surface area contributed by atoms with Crippen molar-refractivity contribution in [3.8, 4) is 0 Å². The average Bonchev–Trinajstić information content (AvgIpc) is 2.93. The number of nitrogens with zero attached hydrogens (tertiary/aromatic N) is 4. The Morgan fingerprint density at radius 3 is 2.74 bits per heavy atom. The molecule has 0 aliphatic heterocycles. The van der Waals surface area contributed by atoms with Crippen LogP contribution in [0.3, 0.4) is 0 Å². The predicted octanol–water partition coefficient (Wildman–Crippen LogP) is 2.38. The summed E-state index contributed by atoms with van der Waals surface area (Å²) in [6.45, 7) is 2.21. The second-order valence-electron chi connectivity index (χ2n) is 3.48. The first-order valence-electron chi connectivity index (χ1n) is 5.57. The second kappa shape index (κ2) is 6.10. The topological polar surface area (TPSA) is 69.4 Å². The lowest BCUT2D eigenvalue weighted by Crippen LogP contribution is -2.14. The monoisotopic (exact) mass is 278 g/mol. The van der Waals surface area contributed by atoms with Gasteiger partial charge in [0.1, 0.15) is 12.7 Å². The van der Waals surface area contributed by atoms with Gasteiger partial charge >= 0.3 is 6.03 Å². The molecule has 0 N–H and O–H groups in total. The van der Waals surface area contributed by atoms with Crippen LogP contribution < -0.4 is 0 Å². The molecule has 2 rings (SSSR count). The number of hydrogen-bond acceptors (Lipinski definition) is 4. The quantitative estimate of drug-likeness (QED) is 0.625. The third kappa shape index (κ3) is 3.38. The Hall–Kier alpha value is -2.21. The van der Waals surface area contributed by atoms with Gasteiger partial charge in [0, 0.05) is 10.6 Å². The Morgan fingerprint density at radius 1 is 1.42 bits per heavy atom. The Labute approximate surface area is 114 Å². The molecule has 0 atom stereocenters. The summed E-state index contributed by atoms with van der Waals surface area (Å²) in [5.41, 5.74) is 0.666. The highest BCUT2D eigenvalue weighted by Crippen LogP contribution is 2.11. The minimum Gasteiger partial charge on any atom is -0.477 e. The molecule has 0 radical (unpaired) electrons. The first-order valence-corrected chi connectivity index (χ1v) is 5.95. The number of carbonyl (C=O) groups is 1. The Balaban J connectivity index is 2.29. The maximum atomic E-state index is 11.8. The summed E-state index contributed by atoms with van der Waals surface area (Å²) in [7, 11) is 0. The highest BCUT2D eigenvalue weighted by Gasteiger charge is 2.10. The molecule has 0 saturated carbocycles. The Bertz CT molecular complexity index is 578. The summed E-state index contributed by atoms with van der Waals surface area (Å²) < 4.78 is 6.38. The molecule has 1 aromatic heterocycles. The molecule has 7 heteroatoms. The van der Waals surface area contributed by atoms with Crippen molar-refractivity contribution in [2.45, 2.75) is 6.92 Å². The van der Waals surface area contributed by atoms with E-state index in [-0.39, 0.29) is 5.90 Å². The summed E-state index contributed by atoms with van der Waals surface area (Å²) >= 11 is 5.81. The number of carbonyl (C=O) groups excluding carboxylic acids is 1. The molecule has 0 aliphatic rings. The van der Waals surface area contributed by atoms with Crippen LogP contribution >= 0.6 is 11.6 Å². The minimum absolute atomic E-state index is 0.222. The van der Waals surface area contributed by atoms with Gasteiger partial charge in [0.15, 0.2) is 0 Å². The van der Waals surface area contributed by atoms with Crippen molar-refractivity contribution >= 4 is 23.5 Å². The van der Waals surface area contributed by atoms with Gasteiger partial charge in [0.2, 0.25) is 5.90 Å². The third-order valence-corrected chi connectivity index (χ3v) is 2.44.